The molecule has 2 atom stereocenters. The van der Waals surface area contributed by atoms with E-state index in [4.69, 9.17) is 4.74 Å². The first-order valence-electron chi connectivity index (χ1n) is 6.17. The molecule has 0 aliphatic carbocycles. The highest BCUT2D eigenvalue weighted by Crippen LogP contribution is 2.22. The van der Waals surface area contributed by atoms with Gasteiger partial charge in [0.1, 0.15) is 5.60 Å². The molecule has 1 saturated heterocycles. The molecule has 100 valence electrons. The molecule has 1 aliphatic rings. The second kappa shape index (κ2) is 5.69. The molecule has 5 nitrogen and oxygen atoms in total. The summed E-state index contributed by atoms with van der Waals surface area (Å²) < 4.78 is 5.34. The van der Waals surface area contributed by atoms with E-state index in [0.717, 1.165) is 12.8 Å². The number of aliphatic hydroxyl groups excluding tert-OH is 1. The molecule has 0 saturated carbocycles. The number of carbonyl (C=O) groups is 1. The minimum Gasteiger partial charge on any atom is -0.444 e. The number of rotatable bonds is 3. The summed E-state index contributed by atoms with van der Waals surface area (Å²) in [7, 11) is 1.79. The van der Waals surface area contributed by atoms with Crippen LogP contribution in [0.1, 0.15) is 33.6 Å². The molecule has 1 fully saturated rings. The van der Waals surface area contributed by atoms with Crippen LogP contribution in [-0.4, -0.2) is 54.0 Å². The minimum absolute atomic E-state index is 0.128. The van der Waals surface area contributed by atoms with Crippen molar-refractivity contribution in [2.75, 3.05) is 20.1 Å². The molecule has 1 heterocycles. The van der Waals surface area contributed by atoms with Gasteiger partial charge in [-0.25, -0.2) is 4.79 Å². The number of likely N-dealkylation sites (tertiary alicyclic amines) is 1. The topological polar surface area (TPSA) is 61.8 Å². The van der Waals surface area contributed by atoms with Crippen LogP contribution in [0.3, 0.4) is 0 Å². The van der Waals surface area contributed by atoms with Crippen molar-refractivity contribution in [1.29, 1.82) is 0 Å². The second-order valence-electron chi connectivity index (χ2n) is 5.51. The molecule has 0 radical (unpaired) electrons. The van der Waals surface area contributed by atoms with Crippen LogP contribution in [0.25, 0.3) is 0 Å². The lowest BCUT2D eigenvalue weighted by Gasteiger charge is -2.31. The van der Waals surface area contributed by atoms with E-state index in [0.29, 0.717) is 13.1 Å². The highest BCUT2D eigenvalue weighted by molar-refractivity contribution is 5.69. The van der Waals surface area contributed by atoms with Gasteiger partial charge in [-0.1, -0.05) is 0 Å². The van der Waals surface area contributed by atoms with E-state index >= 15 is 0 Å². The number of likely N-dealkylation sites (N-methyl/N-ethyl adjacent to an activating group) is 1. The molecule has 1 aliphatic heterocycles. The van der Waals surface area contributed by atoms with E-state index in [2.05, 4.69) is 5.32 Å². The summed E-state index contributed by atoms with van der Waals surface area (Å²) >= 11 is 0. The smallest absolute Gasteiger partial charge is 0.410 e. The van der Waals surface area contributed by atoms with Crippen molar-refractivity contribution in [3.63, 3.8) is 0 Å². The summed E-state index contributed by atoms with van der Waals surface area (Å²) in [4.78, 5) is 13.6. The maximum absolute atomic E-state index is 12.0. The first-order valence-corrected chi connectivity index (χ1v) is 6.17. The van der Waals surface area contributed by atoms with E-state index in [1.54, 1.807) is 11.9 Å². The largest absolute Gasteiger partial charge is 0.444 e. The first kappa shape index (κ1) is 14.3. The predicted molar refractivity (Wildman–Crippen MR) is 65.9 cm³/mol. The Bertz CT molecular complexity index is 263. The Kier molecular flexibility index (Phi) is 4.77. The highest BCUT2D eigenvalue weighted by atomic mass is 16.6. The van der Waals surface area contributed by atoms with Crippen LogP contribution in [0.4, 0.5) is 4.79 Å². The summed E-state index contributed by atoms with van der Waals surface area (Å²) in [5, 5.41) is 12.9. The van der Waals surface area contributed by atoms with Gasteiger partial charge in [0.15, 0.2) is 0 Å². The third-order valence-electron chi connectivity index (χ3n) is 2.78. The quantitative estimate of drug-likeness (QED) is 0.776. The maximum Gasteiger partial charge on any atom is 0.410 e. The van der Waals surface area contributed by atoms with Gasteiger partial charge in [-0.3, -0.25) is 0 Å². The zero-order chi connectivity index (χ0) is 13.1. The number of nitrogens with zero attached hydrogens (tertiary/aromatic N) is 1. The van der Waals surface area contributed by atoms with Crippen LogP contribution in [0.5, 0.6) is 0 Å². The Morgan fingerprint density at radius 3 is 2.76 bits per heavy atom. The number of hydrogen-bond donors (Lipinski definition) is 2. The number of aliphatic hydroxyl groups is 1. The lowest BCUT2D eigenvalue weighted by atomic mass is 10.1. The summed E-state index contributed by atoms with van der Waals surface area (Å²) in [5.41, 5.74) is -0.488. The average molecular weight is 244 g/mol. The normalized spacial score (nSPS) is 22.6. The number of carbonyl (C=O) groups excluding carboxylic acids is 1. The third kappa shape index (κ3) is 4.16. The summed E-state index contributed by atoms with van der Waals surface area (Å²) in [5.74, 6) is 0. The van der Waals surface area contributed by atoms with Crippen LogP contribution in [0.2, 0.25) is 0 Å². The first-order chi connectivity index (χ1) is 7.85. The maximum atomic E-state index is 12.0. The van der Waals surface area contributed by atoms with Crippen LogP contribution < -0.4 is 5.32 Å². The molecular formula is C12H24N2O3. The van der Waals surface area contributed by atoms with Crippen molar-refractivity contribution in [3.05, 3.63) is 0 Å². The van der Waals surface area contributed by atoms with E-state index in [9.17, 15) is 9.90 Å². The zero-order valence-electron chi connectivity index (χ0n) is 11.2. The number of hydrogen-bond acceptors (Lipinski definition) is 4. The van der Waals surface area contributed by atoms with Crippen LogP contribution >= 0.6 is 0 Å². The van der Waals surface area contributed by atoms with Gasteiger partial charge in [0.05, 0.1) is 12.1 Å². The van der Waals surface area contributed by atoms with Crippen molar-refractivity contribution in [1.82, 2.24) is 10.2 Å². The van der Waals surface area contributed by atoms with Gasteiger partial charge in [-0.15, -0.1) is 0 Å². The molecule has 0 aromatic heterocycles. The number of amides is 1. The number of nitrogens with one attached hydrogen (secondary N) is 1. The lowest BCUT2D eigenvalue weighted by Crippen LogP contribution is -2.47. The van der Waals surface area contributed by atoms with Gasteiger partial charge in [-0.05, 0) is 40.7 Å². The van der Waals surface area contributed by atoms with Crippen molar-refractivity contribution in [2.24, 2.45) is 0 Å². The van der Waals surface area contributed by atoms with E-state index in [1.807, 2.05) is 20.8 Å². The van der Waals surface area contributed by atoms with Gasteiger partial charge in [0, 0.05) is 13.1 Å². The standard InChI is InChI=1S/C12H24N2O3/c1-12(2,3)17-11(16)14-7-5-6-9(14)10(15)8-13-4/h9-10,13,15H,5-8H2,1-4H3. The monoisotopic (exact) mass is 244 g/mol. The molecular weight excluding hydrogens is 220 g/mol. The van der Waals surface area contributed by atoms with Crippen LogP contribution in [-0.2, 0) is 4.74 Å². The van der Waals surface area contributed by atoms with E-state index in [-0.39, 0.29) is 12.1 Å². The molecule has 1 amide bonds. The predicted octanol–water partition coefficient (Wildman–Crippen LogP) is 0.966. The fourth-order valence-electron chi connectivity index (χ4n) is 2.08. The van der Waals surface area contributed by atoms with Gasteiger partial charge in [-0.2, -0.15) is 0 Å². The molecule has 5 heteroatoms. The number of ether oxygens (including phenoxy) is 1. The van der Waals surface area contributed by atoms with Crippen molar-refractivity contribution >= 4 is 6.09 Å². The van der Waals surface area contributed by atoms with Crippen molar-refractivity contribution < 1.29 is 14.6 Å². The fraction of sp³-hybridized carbons (Fsp3) is 0.917. The Labute approximate surface area is 103 Å². The average Bonchev–Trinajstić information content (AvgIpc) is 2.63. The molecule has 0 aromatic rings. The van der Waals surface area contributed by atoms with Crippen molar-refractivity contribution in [3.8, 4) is 0 Å². The zero-order valence-corrected chi connectivity index (χ0v) is 11.2. The van der Waals surface area contributed by atoms with Crippen LogP contribution in [0.15, 0.2) is 0 Å². The molecule has 2 unspecified atom stereocenters. The SMILES string of the molecule is CNCC(O)C1CCCN1C(=O)OC(C)(C)C. The highest BCUT2D eigenvalue weighted by Gasteiger charge is 2.35. The van der Waals surface area contributed by atoms with Gasteiger partial charge >= 0.3 is 6.09 Å². The van der Waals surface area contributed by atoms with E-state index in [1.165, 1.54) is 0 Å². The van der Waals surface area contributed by atoms with Crippen LogP contribution in [0, 0.1) is 0 Å². The molecule has 0 bridgehead atoms. The summed E-state index contributed by atoms with van der Waals surface area (Å²) in [6, 6.07) is -0.128. The second-order valence-corrected chi connectivity index (χ2v) is 5.51. The minimum atomic E-state index is -0.532. The van der Waals surface area contributed by atoms with Gasteiger partial charge in [0.2, 0.25) is 0 Å². The molecule has 1 rings (SSSR count). The molecule has 17 heavy (non-hydrogen) atoms. The Morgan fingerprint density at radius 2 is 2.24 bits per heavy atom. The lowest BCUT2D eigenvalue weighted by molar-refractivity contribution is 0.00573. The van der Waals surface area contributed by atoms with E-state index < -0.39 is 11.7 Å². The summed E-state index contributed by atoms with van der Waals surface area (Å²) in [6.45, 7) is 6.70. The van der Waals surface area contributed by atoms with Crippen molar-refractivity contribution in [2.45, 2.75) is 51.4 Å². The molecule has 2 N–H and O–H groups in total. The fourth-order valence-corrected chi connectivity index (χ4v) is 2.08. The Balaban J connectivity index is 2.59. The van der Waals surface area contributed by atoms with Gasteiger partial charge < -0.3 is 20.1 Å². The molecule has 0 spiro atoms. The Hall–Kier alpha value is -0.810. The summed E-state index contributed by atoms with van der Waals surface area (Å²) in [6.07, 6.45) is 0.900. The third-order valence-corrected chi connectivity index (χ3v) is 2.78. The Morgan fingerprint density at radius 1 is 1.59 bits per heavy atom. The molecule has 0 aromatic carbocycles. The van der Waals surface area contributed by atoms with Gasteiger partial charge in [0.25, 0.3) is 0 Å².